The predicted octanol–water partition coefficient (Wildman–Crippen LogP) is 2.42. The van der Waals surface area contributed by atoms with Crippen LogP contribution in [-0.2, 0) is 14.6 Å². The van der Waals surface area contributed by atoms with E-state index in [1.165, 1.54) is 53.7 Å². The van der Waals surface area contributed by atoms with Gasteiger partial charge < -0.3 is 10.1 Å². The van der Waals surface area contributed by atoms with Crippen LogP contribution in [-0.4, -0.2) is 46.6 Å². The normalized spacial score (nSPS) is 12.4. The number of hydrogen-bond donors (Lipinski definition) is 1. The Kier molecular flexibility index (Phi) is 5.97. The molecule has 33 heavy (non-hydrogen) atoms. The van der Waals surface area contributed by atoms with Crippen LogP contribution in [0, 0.1) is 5.82 Å². The van der Waals surface area contributed by atoms with Crippen molar-refractivity contribution >= 4 is 32.9 Å². The molecule has 4 aromatic rings. The Morgan fingerprint density at radius 2 is 1.94 bits per heavy atom. The molecule has 0 aliphatic carbocycles. The van der Waals surface area contributed by atoms with Crippen molar-refractivity contribution in [2.24, 2.45) is 0 Å². The lowest BCUT2D eigenvalue weighted by Gasteiger charge is -2.17. The van der Waals surface area contributed by atoms with E-state index in [1.54, 1.807) is 12.1 Å². The molecule has 4 rings (SSSR count). The molecule has 0 unspecified atom stereocenters. The van der Waals surface area contributed by atoms with Gasteiger partial charge in [-0.3, -0.25) is 9.78 Å². The third-order valence-corrected chi connectivity index (χ3v) is 5.97. The van der Waals surface area contributed by atoms with Crippen LogP contribution in [0.5, 0.6) is 0 Å². The molecular weight excluding hydrogens is 449 g/mol. The molecule has 9 nitrogen and oxygen atoms in total. The summed E-state index contributed by atoms with van der Waals surface area (Å²) in [5, 5.41) is 7.40. The number of amides is 1. The molecular formula is C22H18FN5O4S. The van der Waals surface area contributed by atoms with Gasteiger partial charge in [-0.2, -0.15) is 5.10 Å². The lowest BCUT2D eigenvalue weighted by Crippen LogP contribution is -2.29. The number of nitrogens with zero attached hydrogens (tertiary/aromatic N) is 4. The van der Waals surface area contributed by atoms with E-state index in [-0.39, 0.29) is 22.8 Å². The fraction of sp³-hybridized carbons (Fsp3) is 0.136. The maximum absolute atomic E-state index is 13.3. The summed E-state index contributed by atoms with van der Waals surface area (Å²) in [7, 11) is -3.57. The number of nitrogens with one attached hydrogen (secondary N) is 1. The van der Waals surface area contributed by atoms with Gasteiger partial charge in [0.25, 0.3) is 5.91 Å². The van der Waals surface area contributed by atoms with Crippen LogP contribution in [0.2, 0.25) is 0 Å². The zero-order valence-corrected chi connectivity index (χ0v) is 18.2. The molecule has 1 atom stereocenters. The number of benzene rings is 1. The molecule has 1 N–H and O–H groups in total. The van der Waals surface area contributed by atoms with Gasteiger partial charge in [-0.15, -0.1) is 0 Å². The van der Waals surface area contributed by atoms with Gasteiger partial charge in [0.15, 0.2) is 14.9 Å². The van der Waals surface area contributed by atoms with Crippen LogP contribution in [0.15, 0.2) is 66.2 Å². The number of fused-ring (bicyclic) bond motifs is 1. The molecule has 168 valence electrons. The Labute approximate surface area is 188 Å². The highest BCUT2D eigenvalue weighted by molar-refractivity contribution is 7.90. The van der Waals surface area contributed by atoms with Crippen molar-refractivity contribution in [1.82, 2.24) is 25.1 Å². The lowest BCUT2D eigenvalue weighted by molar-refractivity contribution is -0.108. The summed E-state index contributed by atoms with van der Waals surface area (Å²) in [4.78, 5) is 32.3. The van der Waals surface area contributed by atoms with Crippen molar-refractivity contribution in [3.05, 3.63) is 78.1 Å². The van der Waals surface area contributed by atoms with E-state index in [2.05, 4.69) is 20.4 Å². The number of carbonyl (C=O) groups is 2. The number of hydrogen-bond acceptors (Lipinski definition) is 7. The van der Waals surface area contributed by atoms with Crippen molar-refractivity contribution in [3.8, 4) is 5.69 Å². The maximum Gasteiger partial charge on any atom is 0.254 e. The molecule has 0 saturated heterocycles. The molecule has 0 radical (unpaired) electrons. The summed E-state index contributed by atoms with van der Waals surface area (Å²) in [6.07, 6.45) is 7.31. The van der Waals surface area contributed by atoms with Crippen molar-refractivity contribution in [3.63, 3.8) is 0 Å². The molecule has 0 saturated carbocycles. The Balaban J connectivity index is 1.68. The first-order chi connectivity index (χ1) is 15.8. The van der Waals surface area contributed by atoms with Crippen molar-refractivity contribution in [1.29, 1.82) is 0 Å². The minimum atomic E-state index is -3.57. The van der Waals surface area contributed by atoms with Crippen molar-refractivity contribution in [2.75, 3.05) is 6.26 Å². The average molecular weight is 467 g/mol. The molecule has 0 bridgehead atoms. The van der Waals surface area contributed by atoms with Crippen LogP contribution >= 0.6 is 0 Å². The van der Waals surface area contributed by atoms with Gasteiger partial charge >= 0.3 is 0 Å². The fourth-order valence-corrected chi connectivity index (χ4v) is 3.97. The molecule has 1 aromatic carbocycles. The number of aromatic nitrogens is 4. The first-order valence-electron chi connectivity index (χ1n) is 9.76. The molecule has 11 heteroatoms. The van der Waals surface area contributed by atoms with E-state index in [4.69, 9.17) is 0 Å². The molecule has 0 spiro atoms. The van der Waals surface area contributed by atoms with Gasteiger partial charge in [0.1, 0.15) is 12.1 Å². The van der Waals surface area contributed by atoms with Crippen molar-refractivity contribution < 1.29 is 22.4 Å². The molecule has 0 fully saturated rings. The Hall–Kier alpha value is -3.99. The highest BCUT2D eigenvalue weighted by Gasteiger charge is 2.21. The summed E-state index contributed by atoms with van der Waals surface area (Å²) < 4.78 is 38.5. The number of halogens is 1. The summed E-state index contributed by atoms with van der Waals surface area (Å²) in [5.41, 5.74) is 1.77. The second-order valence-corrected chi connectivity index (χ2v) is 9.24. The van der Waals surface area contributed by atoms with Crippen LogP contribution in [0.4, 0.5) is 4.39 Å². The number of carbonyl (C=O) groups excluding carboxylic acids is 2. The SMILES string of the molecule is CS(=O)(=O)c1cc([C@H](CC=O)NC(=O)c2cncc3c2cnn3-c2ccc(F)cc2)ccn1. The third kappa shape index (κ3) is 4.62. The molecule has 3 aromatic heterocycles. The monoisotopic (exact) mass is 467 g/mol. The minimum Gasteiger partial charge on any atom is -0.345 e. The standard InChI is InChI=1S/C22H18FN5O4S/c1-33(31,32)21-10-14(6-8-25-21)19(7-9-29)27-22(30)18-11-24-13-20-17(18)12-26-28(20)16-4-2-15(23)3-5-16/h2-6,8-13,19H,7H2,1H3,(H,27,30)/t19-/m0/s1. The zero-order valence-electron chi connectivity index (χ0n) is 17.3. The van der Waals surface area contributed by atoms with Crippen LogP contribution in [0.25, 0.3) is 16.6 Å². The second kappa shape index (κ2) is 8.87. The first-order valence-corrected chi connectivity index (χ1v) is 11.7. The van der Waals surface area contributed by atoms with E-state index in [1.807, 2.05) is 0 Å². The highest BCUT2D eigenvalue weighted by atomic mass is 32.2. The third-order valence-electron chi connectivity index (χ3n) is 4.99. The summed E-state index contributed by atoms with van der Waals surface area (Å²) in [5.74, 6) is -0.902. The Morgan fingerprint density at radius 3 is 2.64 bits per heavy atom. The molecule has 1 amide bonds. The number of aldehydes is 1. The summed E-state index contributed by atoms with van der Waals surface area (Å²) in [6, 6.07) is 7.80. The van der Waals surface area contributed by atoms with E-state index >= 15 is 0 Å². The number of pyridine rings is 2. The predicted molar refractivity (Wildman–Crippen MR) is 117 cm³/mol. The van der Waals surface area contributed by atoms with Crippen LogP contribution in [0.3, 0.4) is 0 Å². The number of rotatable bonds is 7. The Bertz CT molecular complexity index is 1450. The van der Waals surface area contributed by atoms with Gasteiger partial charge in [-0.25, -0.2) is 22.5 Å². The van der Waals surface area contributed by atoms with Crippen LogP contribution < -0.4 is 5.32 Å². The van der Waals surface area contributed by atoms with E-state index < -0.39 is 21.8 Å². The maximum atomic E-state index is 13.3. The highest BCUT2D eigenvalue weighted by Crippen LogP contribution is 2.23. The van der Waals surface area contributed by atoms with Gasteiger partial charge in [-0.05, 0) is 42.0 Å². The van der Waals surface area contributed by atoms with E-state index in [9.17, 15) is 22.4 Å². The van der Waals surface area contributed by atoms with Gasteiger partial charge in [0.2, 0.25) is 0 Å². The zero-order chi connectivity index (χ0) is 23.6. The lowest BCUT2D eigenvalue weighted by atomic mass is 10.0. The number of sulfone groups is 1. The van der Waals surface area contributed by atoms with Crippen LogP contribution in [0.1, 0.15) is 28.4 Å². The summed E-state index contributed by atoms with van der Waals surface area (Å²) in [6.45, 7) is 0. The molecule has 3 heterocycles. The van der Waals surface area contributed by atoms with Gasteiger partial charge in [-0.1, -0.05) is 0 Å². The van der Waals surface area contributed by atoms with Gasteiger partial charge in [0, 0.05) is 30.5 Å². The fourth-order valence-electron chi connectivity index (χ4n) is 3.37. The molecule has 0 aliphatic rings. The van der Waals surface area contributed by atoms with E-state index in [0.29, 0.717) is 28.4 Å². The first kappa shape index (κ1) is 22.2. The average Bonchev–Trinajstić information content (AvgIpc) is 3.23. The van der Waals surface area contributed by atoms with Crippen molar-refractivity contribution in [2.45, 2.75) is 17.5 Å². The smallest absolute Gasteiger partial charge is 0.254 e. The Morgan fingerprint density at radius 1 is 1.18 bits per heavy atom. The van der Waals surface area contributed by atoms with E-state index in [0.717, 1.165) is 6.26 Å². The second-order valence-electron chi connectivity index (χ2n) is 7.28. The quantitative estimate of drug-likeness (QED) is 0.414. The minimum absolute atomic E-state index is 0.0722. The van der Waals surface area contributed by atoms with Gasteiger partial charge in [0.05, 0.1) is 35.2 Å². The molecule has 0 aliphatic heterocycles. The topological polar surface area (TPSA) is 124 Å². The largest absolute Gasteiger partial charge is 0.345 e. The summed E-state index contributed by atoms with van der Waals surface area (Å²) >= 11 is 0.